The van der Waals surface area contributed by atoms with E-state index < -0.39 is 0 Å². The number of aryl methyl sites for hydroxylation is 1. The molecule has 0 bridgehead atoms. The lowest BCUT2D eigenvalue weighted by Crippen LogP contribution is -2.04. The molecule has 0 spiro atoms. The molecule has 0 aliphatic rings. The highest BCUT2D eigenvalue weighted by atomic mass is 16.5. The zero-order valence-corrected chi connectivity index (χ0v) is 8.70. The van der Waals surface area contributed by atoms with Crippen LogP contribution in [-0.2, 0) is 4.74 Å². The fourth-order valence-corrected chi connectivity index (χ4v) is 1.46. The maximum Gasteiger partial charge on any atom is 0.339 e. The van der Waals surface area contributed by atoms with Gasteiger partial charge in [0.15, 0.2) is 0 Å². The summed E-state index contributed by atoms with van der Waals surface area (Å²) in [5.41, 5.74) is 2.36. The lowest BCUT2D eigenvalue weighted by atomic mass is 10.2. The van der Waals surface area contributed by atoms with E-state index in [1.54, 1.807) is 13.0 Å². The number of aromatic nitrogens is 2. The summed E-state index contributed by atoms with van der Waals surface area (Å²) in [5, 5.41) is 0.959. The molecule has 2 aromatic rings. The van der Waals surface area contributed by atoms with E-state index in [9.17, 15) is 4.79 Å². The summed E-state index contributed by atoms with van der Waals surface area (Å²) in [6.45, 7) is 4.13. The Labute approximate surface area is 87.3 Å². The van der Waals surface area contributed by atoms with Gasteiger partial charge in [0.2, 0.25) is 0 Å². The normalized spacial score (nSPS) is 10.5. The number of rotatable bonds is 2. The molecule has 15 heavy (non-hydrogen) atoms. The third-order valence-electron chi connectivity index (χ3n) is 2.25. The van der Waals surface area contributed by atoms with Gasteiger partial charge in [0.05, 0.1) is 12.2 Å². The Kier molecular flexibility index (Phi) is 2.41. The van der Waals surface area contributed by atoms with Crippen LogP contribution in [0.15, 0.2) is 18.5 Å². The van der Waals surface area contributed by atoms with Gasteiger partial charge in [-0.1, -0.05) is 0 Å². The van der Waals surface area contributed by atoms with Crippen molar-refractivity contribution in [2.45, 2.75) is 13.8 Å². The molecular formula is C11H12N2O2. The standard InChI is InChI=1S/C11H12N2O2/c1-3-15-11(14)8-4-9-7(2)5-12-10(9)13-6-8/h4-6H,3H2,1-2H3,(H,12,13). The first-order valence-electron chi connectivity index (χ1n) is 4.83. The summed E-state index contributed by atoms with van der Waals surface area (Å²) in [6.07, 6.45) is 3.39. The molecular weight excluding hydrogens is 192 g/mol. The molecule has 2 aromatic heterocycles. The molecule has 4 nitrogen and oxygen atoms in total. The van der Waals surface area contributed by atoms with Gasteiger partial charge < -0.3 is 9.72 Å². The SMILES string of the molecule is CCOC(=O)c1cnc2[nH]cc(C)c2c1. The lowest BCUT2D eigenvalue weighted by Gasteiger charge is -2.01. The van der Waals surface area contributed by atoms with Crippen molar-refractivity contribution in [3.63, 3.8) is 0 Å². The van der Waals surface area contributed by atoms with E-state index in [0.717, 1.165) is 16.6 Å². The van der Waals surface area contributed by atoms with Gasteiger partial charge >= 0.3 is 5.97 Å². The number of nitrogens with one attached hydrogen (secondary N) is 1. The first kappa shape index (κ1) is 9.71. The van der Waals surface area contributed by atoms with Gasteiger partial charge in [-0.25, -0.2) is 9.78 Å². The molecule has 0 unspecified atom stereocenters. The molecule has 4 heteroatoms. The fourth-order valence-electron chi connectivity index (χ4n) is 1.46. The molecule has 0 atom stereocenters. The molecule has 0 aliphatic carbocycles. The first-order valence-corrected chi connectivity index (χ1v) is 4.83. The second kappa shape index (κ2) is 3.73. The fraction of sp³-hybridized carbons (Fsp3) is 0.273. The number of pyridine rings is 1. The van der Waals surface area contributed by atoms with E-state index in [1.807, 2.05) is 13.1 Å². The van der Waals surface area contributed by atoms with Gasteiger partial charge in [0.25, 0.3) is 0 Å². The minimum absolute atomic E-state index is 0.326. The topological polar surface area (TPSA) is 55.0 Å². The van der Waals surface area contributed by atoms with Gasteiger partial charge in [0.1, 0.15) is 5.65 Å². The Morgan fingerprint density at radius 2 is 2.40 bits per heavy atom. The molecule has 0 aliphatic heterocycles. The minimum atomic E-state index is -0.326. The van der Waals surface area contributed by atoms with Crippen molar-refractivity contribution >= 4 is 17.0 Å². The van der Waals surface area contributed by atoms with Crippen molar-refractivity contribution < 1.29 is 9.53 Å². The van der Waals surface area contributed by atoms with Crippen LogP contribution >= 0.6 is 0 Å². The lowest BCUT2D eigenvalue weighted by molar-refractivity contribution is 0.0526. The summed E-state index contributed by atoms with van der Waals surface area (Å²) < 4.78 is 4.90. The van der Waals surface area contributed by atoms with Crippen molar-refractivity contribution in [2.75, 3.05) is 6.61 Å². The summed E-state index contributed by atoms with van der Waals surface area (Å²) in [7, 11) is 0. The smallest absolute Gasteiger partial charge is 0.339 e. The van der Waals surface area contributed by atoms with Crippen LogP contribution in [0.3, 0.4) is 0 Å². The van der Waals surface area contributed by atoms with Gasteiger partial charge in [0, 0.05) is 17.8 Å². The van der Waals surface area contributed by atoms with Crippen LogP contribution in [0, 0.1) is 6.92 Å². The van der Waals surface area contributed by atoms with Crippen LogP contribution in [0.2, 0.25) is 0 Å². The Hall–Kier alpha value is -1.84. The van der Waals surface area contributed by atoms with E-state index in [0.29, 0.717) is 12.2 Å². The number of carbonyl (C=O) groups excluding carboxylic acids is 1. The van der Waals surface area contributed by atoms with Gasteiger partial charge in [-0.2, -0.15) is 0 Å². The van der Waals surface area contributed by atoms with E-state index in [1.165, 1.54) is 6.20 Å². The number of H-pyrrole nitrogens is 1. The molecule has 0 saturated heterocycles. The number of nitrogens with zero attached hydrogens (tertiary/aromatic N) is 1. The number of hydrogen-bond acceptors (Lipinski definition) is 3. The summed E-state index contributed by atoms with van der Waals surface area (Å²) in [5.74, 6) is -0.326. The van der Waals surface area contributed by atoms with Crippen molar-refractivity contribution in [1.82, 2.24) is 9.97 Å². The predicted molar refractivity (Wildman–Crippen MR) is 56.8 cm³/mol. The monoisotopic (exact) mass is 204 g/mol. The highest BCUT2D eigenvalue weighted by Gasteiger charge is 2.09. The highest BCUT2D eigenvalue weighted by molar-refractivity contribution is 5.93. The van der Waals surface area contributed by atoms with E-state index in [-0.39, 0.29) is 5.97 Å². The molecule has 78 valence electrons. The number of fused-ring (bicyclic) bond motifs is 1. The molecule has 0 saturated carbocycles. The Morgan fingerprint density at radius 1 is 1.60 bits per heavy atom. The van der Waals surface area contributed by atoms with Crippen LogP contribution in [0.1, 0.15) is 22.8 Å². The Morgan fingerprint density at radius 3 is 3.13 bits per heavy atom. The minimum Gasteiger partial charge on any atom is -0.462 e. The first-order chi connectivity index (χ1) is 7.22. The third kappa shape index (κ3) is 1.70. The summed E-state index contributed by atoms with van der Waals surface area (Å²) in [4.78, 5) is 18.6. The van der Waals surface area contributed by atoms with Gasteiger partial charge in [-0.05, 0) is 25.5 Å². The zero-order valence-electron chi connectivity index (χ0n) is 8.70. The molecule has 0 fully saturated rings. The number of aromatic amines is 1. The second-order valence-electron chi connectivity index (χ2n) is 3.31. The van der Waals surface area contributed by atoms with Crippen LogP contribution in [0.5, 0.6) is 0 Å². The van der Waals surface area contributed by atoms with E-state index >= 15 is 0 Å². The van der Waals surface area contributed by atoms with Crippen molar-refractivity contribution in [2.24, 2.45) is 0 Å². The average molecular weight is 204 g/mol. The molecule has 1 N–H and O–H groups in total. The third-order valence-corrected chi connectivity index (χ3v) is 2.25. The number of hydrogen-bond donors (Lipinski definition) is 1. The number of carbonyl (C=O) groups is 1. The van der Waals surface area contributed by atoms with E-state index in [4.69, 9.17) is 4.74 Å². The zero-order chi connectivity index (χ0) is 10.8. The van der Waals surface area contributed by atoms with Gasteiger partial charge in [-0.15, -0.1) is 0 Å². The van der Waals surface area contributed by atoms with Crippen molar-refractivity contribution in [3.05, 3.63) is 29.6 Å². The quantitative estimate of drug-likeness (QED) is 0.761. The van der Waals surface area contributed by atoms with Crippen LogP contribution in [-0.4, -0.2) is 22.5 Å². The molecule has 2 rings (SSSR count). The molecule has 0 aromatic carbocycles. The predicted octanol–water partition coefficient (Wildman–Crippen LogP) is 2.05. The Bertz CT molecular complexity index is 502. The number of ether oxygens (including phenoxy) is 1. The Balaban J connectivity index is 2.45. The summed E-state index contributed by atoms with van der Waals surface area (Å²) in [6, 6.07) is 1.80. The molecule has 2 heterocycles. The highest BCUT2D eigenvalue weighted by Crippen LogP contribution is 2.16. The van der Waals surface area contributed by atoms with Gasteiger partial charge in [-0.3, -0.25) is 0 Å². The second-order valence-corrected chi connectivity index (χ2v) is 3.31. The van der Waals surface area contributed by atoms with Crippen molar-refractivity contribution in [3.8, 4) is 0 Å². The molecule has 0 amide bonds. The maximum absolute atomic E-state index is 11.4. The van der Waals surface area contributed by atoms with Crippen LogP contribution < -0.4 is 0 Å². The molecule has 0 radical (unpaired) electrons. The average Bonchev–Trinajstić information content (AvgIpc) is 2.60. The van der Waals surface area contributed by atoms with Crippen molar-refractivity contribution in [1.29, 1.82) is 0 Å². The summed E-state index contributed by atoms with van der Waals surface area (Å²) >= 11 is 0. The van der Waals surface area contributed by atoms with E-state index in [2.05, 4.69) is 9.97 Å². The number of esters is 1. The van der Waals surface area contributed by atoms with Crippen LogP contribution in [0.25, 0.3) is 11.0 Å². The largest absolute Gasteiger partial charge is 0.462 e. The maximum atomic E-state index is 11.4. The van der Waals surface area contributed by atoms with Crippen LogP contribution in [0.4, 0.5) is 0 Å².